The number of carbonyl (C=O) groups excluding carboxylic acids is 1. The number of hydrogen-bond donors (Lipinski definition) is 2. The zero-order valence-corrected chi connectivity index (χ0v) is 13.1. The van der Waals surface area contributed by atoms with E-state index in [2.05, 4.69) is 10.3 Å². The first-order valence-corrected chi connectivity index (χ1v) is 7.54. The molecule has 24 heavy (non-hydrogen) atoms. The minimum atomic E-state index is -3.31. The molecule has 1 aromatic rings. The highest BCUT2D eigenvalue weighted by molar-refractivity contribution is 5.83. The number of nitrogens with one attached hydrogen (secondary N) is 1. The van der Waals surface area contributed by atoms with Crippen molar-refractivity contribution in [2.45, 2.75) is 44.4 Å². The quantitative estimate of drug-likeness (QED) is 0.756. The summed E-state index contributed by atoms with van der Waals surface area (Å²) in [6.45, 7) is 1.59. The Kier molecular flexibility index (Phi) is 5.84. The molecule has 1 fully saturated rings. The first-order chi connectivity index (χ1) is 11.4. The summed E-state index contributed by atoms with van der Waals surface area (Å²) in [7, 11) is 0. The summed E-state index contributed by atoms with van der Waals surface area (Å²) >= 11 is 0. The Morgan fingerprint density at radius 1 is 1.62 bits per heavy atom. The van der Waals surface area contributed by atoms with Crippen LogP contribution in [0, 0.1) is 0 Å². The first kappa shape index (κ1) is 18.3. The molecule has 0 saturated carbocycles. The van der Waals surface area contributed by atoms with Crippen LogP contribution in [0.3, 0.4) is 0 Å². The molecular weight excluding hydrogens is 328 g/mol. The van der Waals surface area contributed by atoms with Gasteiger partial charge >= 0.3 is 11.8 Å². The van der Waals surface area contributed by atoms with Crippen LogP contribution < -0.4 is 11.0 Å². The molecule has 1 saturated heterocycles. The van der Waals surface area contributed by atoms with Crippen molar-refractivity contribution in [1.82, 2.24) is 9.55 Å². The van der Waals surface area contributed by atoms with E-state index in [9.17, 15) is 18.4 Å². The van der Waals surface area contributed by atoms with E-state index in [1.165, 1.54) is 6.07 Å². The molecule has 2 rings (SSSR count). The third-order valence-corrected chi connectivity index (χ3v) is 3.43. The highest BCUT2D eigenvalue weighted by atomic mass is 19.3. The van der Waals surface area contributed by atoms with E-state index in [0.29, 0.717) is 11.0 Å². The Bertz CT molecular complexity index is 637. The number of anilines is 1. The Hall–Kier alpha value is -2.07. The molecule has 10 heteroatoms. The van der Waals surface area contributed by atoms with Crippen molar-refractivity contribution in [2.24, 2.45) is 0 Å². The molecule has 2 heterocycles. The van der Waals surface area contributed by atoms with E-state index >= 15 is 0 Å². The van der Waals surface area contributed by atoms with E-state index < -0.39 is 43.1 Å². The van der Waals surface area contributed by atoms with Gasteiger partial charge < -0.3 is 14.6 Å². The fraction of sp³-hybridized carbons (Fsp3) is 0.643. The number of carbonyl (C=O) groups is 1. The van der Waals surface area contributed by atoms with Crippen LogP contribution in [0.4, 0.5) is 19.4 Å². The van der Waals surface area contributed by atoms with Gasteiger partial charge in [-0.2, -0.15) is 4.98 Å². The van der Waals surface area contributed by atoms with Crippen molar-refractivity contribution in [3.8, 4) is 0 Å². The molecule has 0 radical (unpaired) electrons. The number of aromatic nitrogens is 2. The number of aliphatic hydroxyl groups excluding tert-OH is 1. The van der Waals surface area contributed by atoms with E-state index in [1.807, 2.05) is 6.92 Å². The Balaban J connectivity index is 2.07. The van der Waals surface area contributed by atoms with Gasteiger partial charge in [0.05, 0.1) is 19.3 Å². The molecular formula is C14H19F2N3O5. The lowest BCUT2D eigenvalue weighted by molar-refractivity contribution is -0.120. The van der Waals surface area contributed by atoms with Crippen molar-refractivity contribution >= 4 is 11.9 Å². The number of rotatable bonds is 6. The number of amides is 1. The van der Waals surface area contributed by atoms with Crippen molar-refractivity contribution in [3.63, 3.8) is 0 Å². The minimum absolute atomic E-state index is 0.113. The van der Waals surface area contributed by atoms with E-state index in [0.717, 1.165) is 12.6 Å². The van der Waals surface area contributed by atoms with Gasteiger partial charge in [0.25, 0.3) is 5.92 Å². The molecule has 0 spiro atoms. The summed E-state index contributed by atoms with van der Waals surface area (Å²) in [6, 6.07) is 1.19. The number of nitrogens with zero attached hydrogens (tertiary/aromatic N) is 2. The molecule has 0 aliphatic carbocycles. The summed E-state index contributed by atoms with van der Waals surface area (Å²) in [5.74, 6) is -3.43. The average Bonchev–Trinajstić information content (AvgIpc) is 2.82. The lowest BCUT2D eigenvalue weighted by atomic mass is 10.2. The molecule has 1 amide bonds. The van der Waals surface area contributed by atoms with Gasteiger partial charge in [-0.15, -0.1) is 0 Å². The summed E-state index contributed by atoms with van der Waals surface area (Å²) in [4.78, 5) is 26.9. The minimum Gasteiger partial charge on any atom is -0.449 e. The zero-order chi connectivity index (χ0) is 17.7. The molecule has 1 aliphatic heterocycles. The number of halogens is 2. The van der Waals surface area contributed by atoms with Gasteiger partial charge in [-0.3, -0.25) is 9.88 Å². The van der Waals surface area contributed by atoms with Gasteiger partial charge in [-0.05, 0) is 12.5 Å². The van der Waals surface area contributed by atoms with Gasteiger partial charge in [0, 0.05) is 12.6 Å². The summed E-state index contributed by atoms with van der Waals surface area (Å²) in [6.07, 6.45) is -1.77. The van der Waals surface area contributed by atoms with Crippen molar-refractivity contribution < 1.29 is 28.2 Å². The molecule has 8 nitrogen and oxygen atoms in total. The number of aliphatic hydroxyl groups is 1. The molecule has 0 aromatic carbocycles. The molecule has 2 unspecified atom stereocenters. The second-order valence-electron chi connectivity index (χ2n) is 5.38. The lowest BCUT2D eigenvalue weighted by Crippen LogP contribution is -2.35. The summed E-state index contributed by atoms with van der Waals surface area (Å²) in [5.41, 5.74) is -1.01. The third-order valence-electron chi connectivity index (χ3n) is 3.43. The predicted molar refractivity (Wildman–Crippen MR) is 78.9 cm³/mol. The smallest absolute Gasteiger partial charge is 0.412 e. The number of hydrogen-bond acceptors (Lipinski definition) is 6. The summed E-state index contributed by atoms with van der Waals surface area (Å²) in [5, 5.41) is 11.2. The van der Waals surface area contributed by atoms with Gasteiger partial charge in [0.2, 0.25) is 6.23 Å². The topological polar surface area (TPSA) is 103 Å². The van der Waals surface area contributed by atoms with E-state index in [1.54, 1.807) is 0 Å². The second-order valence-corrected chi connectivity index (χ2v) is 5.38. The molecule has 2 atom stereocenters. The Labute approximate surface area is 136 Å². The fourth-order valence-corrected chi connectivity index (χ4v) is 2.22. The average molecular weight is 347 g/mol. The van der Waals surface area contributed by atoms with Crippen LogP contribution in [-0.4, -0.2) is 46.0 Å². The zero-order valence-electron chi connectivity index (χ0n) is 13.1. The maximum atomic E-state index is 13.9. The number of alkyl halides is 2. The Morgan fingerprint density at radius 2 is 2.38 bits per heavy atom. The van der Waals surface area contributed by atoms with Gasteiger partial charge in [0.1, 0.15) is 5.82 Å². The van der Waals surface area contributed by atoms with Gasteiger partial charge in [-0.25, -0.2) is 18.4 Å². The van der Waals surface area contributed by atoms with Crippen LogP contribution >= 0.6 is 0 Å². The molecule has 134 valence electrons. The maximum absolute atomic E-state index is 13.9. The highest BCUT2D eigenvalue weighted by Gasteiger charge is 2.51. The van der Waals surface area contributed by atoms with Crippen LogP contribution in [-0.2, 0) is 9.47 Å². The molecule has 1 aliphatic rings. The van der Waals surface area contributed by atoms with Crippen LogP contribution in [0.15, 0.2) is 17.1 Å². The Morgan fingerprint density at radius 3 is 2.96 bits per heavy atom. The molecule has 1 aromatic heterocycles. The SMILES string of the molecule is CCCCOC(=O)Nc1ccn(C2OC(CO)CC2(F)F)c(=O)n1. The number of ether oxygens (including phenoxy) is 2. The highest BCUT2D eigenvalue weighted by Crippen LogP contribution is 2.41. The third kappa shape index (κ3) is 4.26. The van der Waals surface area contributed by atoms with Crippen molar-refractivity contribution in [1.29, 1.82) is 0 Å². The van der Waals surface area contributed by atoms with E-state index in [4.69, 9.17) is 14.6 Å². The second kappa shape index (κ2) is 7.67. The standard InChI is InChI=1S/C14H19F2N3O5/c1-2-3-6-23-13(22)18-10-4-5-19(12(21)17-10)11-14(15,16)7-9(8-20)24-11/h4-5,9,11,20H,2-3,6-8H2,1H3,(H,17,18,21,22). The predicted octanol–water partition coefficient (Wildman–Crippen LogP) is 1.51. The van der Waals surface area contributed by atoms with Crippen LogP contribution in [0.25, 0.3) is 0 Å². The van der Waals surface area contributed by atoms with Gasteiger partial charge in [0.15, 0.2) is 0 Å². The summed E-state index contributed by atoms with van der Waals surface area (Å²) < 4.78 is 38.2. The normalized spacial score (nSPS) is 22.3. The van der Waals surface area contributed by atoms with Crippen LogP contribution in [0.2, 0.25) is 0 Å². The lowest BCUT2D eigenvalue weighted by Gasteiger charge is -2.19. The van der Waals surface area contributed by atoms with Gasteiger partial charge in [-0.1, -0.05) is 13.3 Å². The first-order valence-electron chi connectivity index (χ1n) is 7.54. The molecule has 2 N–H and O–H groups in total. The maximum Gasteiger partial charge on any atom is 0.412 e. The fourth-order valence-electron chi connectivity index (χ4n) is 2.22. The molecule has 0 bridgehead atoms. The van der Waals surface area contributed by atoms with Crippen LogP contribution in [0.5, 0.6) is 0 Å². The van der Waals surface area contributed by atoms with Crippen molar-refractivity contribution in [2.75, 3.05) is 18.5 Å². The van der Waals surface area contributed by atoms with Crippen LogP contribution in [0.1, 0.15) is 32.4 Å². The van der Waals surface area contributed by atoms with Crippen molar-refractivity contribution in [3.05, 3.63) is 22.7 Å². The monoisotopic (exact) mass is 347 g/mol. The van der Waals surface area contributed by atoms with E-state index in [-0.39, 0.29) is 12.4 Å². The number of unbranched alkanes of at least 4 members (excludes halogenated alkanes) is 1. The largest absolute Gasteiger partial charge is 0.449 e.